The summed E-state index contributed by atoms with van der Waals surface area (Å²) >= 11 is 6.44. The molecule has 0 radical (unpaired) electrons. The van der Waals surface area contributed by atoms with Crippen molar-refractivity contribution in [2.24, 2.45) is 5.73 Å². The van der Waals surface area contributed by atoms with Crippen LogP contribution in [0.2, 0.25) is 5.02 Å². The number of nitrogens with two attached hydrogens (primary N) is 1. The number of halogens is 1. The Morgan fingerprint density at radius 2 is 2.00 bits per heavy atom. The van der Waals surface area contributed by atoms with Crippen molar-refractivity contribution in [3.63, 3.8) is 0 Å². The van der Waals surface area contributed by atoms with Crippen molar-refractivity contribution in [2.45, 2.75) is 18.8 Å². The molecule has 0 aromatic heterocycles. The Hall–Kier alpha value is -2.04. The molecule has 1 aliphatic rings. The Morgan fingerprint density at radius 3 is 2.58 bits per heavy atom. The van der Waals surface area contributed by atoms with Crippen molar-refractivity contribution in [3.8, 4) is 16.9 Å². The number of primary amides is 1. The van der Waals surface area contributed by atoms with Crippen LogP contribution in [-0.4, -0.2) is 26.1 Å². The molecular formula is C19H21ClN2O2. The summed E-state index contributed by atoms with van der Waals surface area (Å²) in [6.45, 7) is 2.10. The third-order valence-electron chi connectivity index (χ3n) is 4.56. The fraction of sp³-hybridized carbons (Fsp3) is 0.316. The predicted molar refractivity (Wildman–Crippen MR) is 96.8 cm³/mol. The van der Waals surface area contributed by atoms with Crippen LogP contribution in [0.5, 0.6) is 5.75 Å². The van der Waals surface area contributed by atoms with Gasteiger partial charge in [0, 0.05) is 17.7 Å². The van der Waals surface area contributed by atoms with Gasteiger partial charge in [0.05, 0.1) is 12.1 Å². The van der Waals surface area contributed by atoms with Crippen molar-refractivity contribution in [3.05, 3.63) is 52.5 Å². The second-order valence-electron chi connectivity index (χ2n) is 6.03. The number of hydrogen-bond acceptors (Lipinski definition) is 3. The molecule has 1 amide bonds. The van der Waals surface area contributed by atoms with Gasteiger partial charge in [-0.1, -0.05) is 35.9 Å². The van der Waals surface area contributed by atoms with Gasteiger partial charge in [-0.25, -0.2) is 0 Å². The summed E-state index contributed by atoms with van der Waals surface area (Å²) in [4.78, 5) is 11.8. The minimum absolute atomic E-state index is 0.396. The Labute approximate surface area is 147 Å². The van der Waals surface area contributed by atoms with E-state index in [-0.39, 0.29) is 0 Å². The zero-order valence-corrected chi connectivity index (χ0v) is 14.4. The van der Waals surface area contributed by atoms with E-state index < -0.39 is 5.91 Å². The second-order valence-corrected chi connectivity index (χ2v) is 6.41. The third kappa shape index (κ3) is 3.25. The molecule has 24 heavy (non-hydrogen) atoms. The van der Waals surface area contributed by atoms with E-state index in [4.69, 9.17) is 22.1 Å². The van der Waals surface area contributed by atoms with Gasteiger partial charge in [0.2, 0.25) is 5.91 Å². The first kappa shape index (κ1) is 16.8. The lowest BCUT2D eigenvalue weighted by atomic mass is 9.90. The molecule has 0 aliphatic carbocycles. The van der Waals surface area contributed by atoms with Crippen molar-refractivity contribution in [1.29, 1.82) is 0 Å². The molecule has 3 N–H and O–H groups in total. The number of amides is 1. The topological polar surface area (TPSA) is 64.3 Å². The van der Waals surface area contributed by atoms with Crippen LogP contribution in [0.4, 0.5) is 0 Å². The van der Waals surface area contributed by atoms with E-state index in [1.165, 1.54) is 18.4 Å². The SMILES string of the molecule is COc1ccc(C(N)=O)c(-c2ccc(C3CCCNC3)cc2)c1Cl. The van der Waals surface area contributed by atoms with E-state index in [2.05, 4.69) is 17.4 Å². The van der Waals surface area contributed by atoms with Crippen LogP contribution < -0.4 is 15.8 Å². The highest BCUT2D eigenvalue weighted by Crippen LogP contribution is 2.38. The molecule has 4 nitrogen and oxygen atoms in total. The summed E-state index contributed by atoms with van der Waals surface area (Å²) in [5, 5.41) is 3.83. The highest BCUT2D eigenvalue weighted by Gasteiger charge is 2.19. The average Bonchev–Trinajstić information content (AvgIpc) is 2.62. The van der Waals surface area contributed by atoms with Gasteiger partial charge in [0.15, 0.2) is 0 Å². The lowest BCUT2D eigenvalue weighted by Crippen LogP contribution is -2.28. The zero-order valence-electron chi connectivity index (χ0n) is 13.6. The third-order valence-corrected chi connectivity index (χ3v) is 4.93. The highest BCUT2D eigenvalue weighted by molar-refractivity contribution is 6.35. The van der Waals surface area contributed by atoms with Crippen LogP contribution in [0.3, 0.4) is 0 Å². The van der Waals surface area contributed by atoms with Crippen LogP contribution in [0, 0.1) is 0 Å². The maximum atomic E-state index is 11.8. The maximum Gasteiger partial charge on any atom is 0.249 e. The quantitative estimate of drug-likeness (QED) is 0.891. The standard InChI is InChI=1S/C19H21ClN2O2/c1-24-16-9-8-15(19(21)23)17(18(16)20)13-6-4-12(5-7-13)14-3-2-10-22-11-14/h4-9,14,22H,2-3,10-11H2,1H3,(H2,21,23). The van der Waals surface area contributed by atoms with Crippen molar-refractivity contribution < 1.29 is 9.53 Å². The number of carbonyl (C=O) groups is 1. The first-order valence-corrected chi connectivity index (χ1v) is 8.47. The van der Waals surface area contributed by atoms with E-state index in [0.29, 0.717) is 27.8 Å². The minimum atomic E-state index is -0.505. The second kappa shape index (κ2) is 7.24. The normalized spacial score (nSPS) is 17.5. The number of ether oxygens (including phenoxy) is 1. The van der Waals surface area contributed by atoms with E-state index in [9.17, 15) is 4.79 Å². The van der Waals surface area contributed by atoms with E-state index in [1.54, 1.807) is 19.2 Å². The van der Waals surface area contributed by atoms with Gasteiger partial charge < -0.3 is 15.8 Å². The number of nitrogens with one attached hydrogen (secondary N) is 1. The molecule has 1 saturated heterocycles. The van der Waals surface area contributed by atoms with Gasteiger partial charge in [0.25, 0.3) is 0 Å². The minimum Gasteiger partial charge on any atom is -0.495 e. The fourth-order valence-electron chi connectivity index (χ4n) is 3.26. The summed E-state index contributed by atoms with van der Waals surface area (Å²) in [5.74, 6) is 0.552. The molecule has 2 aromatic carbocycles. The van der Waals surface area contributed by atoms with Crippen molar-refractivity contribution >= 4 is 17.5 Å². The first-order chi connectivity index (χ1) is 11.6. The number of benzene rings is 2. The lowest BCUT2D eigenvalue weighted by Gasteiger charge is -2.23. The smallest absolute Gasteiger partial charge is 0.249 e. The molecule has 1 heterocycles. The first-order valence-electron chi connectivity index (χ1n) is 8.09. The van der Waals surface area contributed by atoms with Gasteiger partial charge in [-0.3, -0.25) is 4.79 Å². The molecule has 2 aromatic rings. The van der Waals surface area contributed by atoms with Crippen LogP contribution in [-0.2, 0) is 0 Å². The van der Waals surface area contributed by atoms with Gasteiger partial charge in [-0.15, -0.1) is 0 Å². The molecule has 0 saturated carbocycles. The lowest BCUT2D eigenvalue weighted by molar-refractivity contribution is 0.100. The number of rotatable bonds is 4. The average molecular weight is 345 g/mol. The summed E-state index contributed by atoms with van der Waals surface area (Å²) in [7, 11) is 1.55. The number of carbonyl (C=O) groups excluding carboxylic acids is 1. The molecule has 1 fully saturated rings. The molecule has 0 bridgehead atoms. The molecule has 1 aliphatic heterocycles. The Bertz CT molecular complexity index is 738. The van der Waals surface area contributed by atoms with Crippen molar-refractivity contribution in [2.75, 3.05) is 20.2 Å². The van der Waals surface area contributed by atoms with Crippen LogP contribution in [0.25, 0.3) is 11.1 Å². The van der Waals surface area contributed by atoms with Gasteiger partial charge >= 0.3 is 0 Å². The Morgan fingerprint density at radius 1 is 1.25 bits per heavy atom. The van der Waals surface area contributed by atoms with E-state index >= 15 is 0 Å². The van der Waals surface area contributed by atoms with Crippen molar-refractivity contribution in [1.82, 2.24) is 5.32 Å². The van der Waals surface area contributed by atoms with E-state index in [0.717, 1.165) is 18.7 Å². The molecular weight excluding hydrogens is 324 g/mol. The number of hydrogen-bond donors (Lipinski definition) is 2. The molecule has 1 unspecified atom stereocenters. The largest absolute Gasteiger partial charge is 0.495 e. The maximum absolute atomic E-state index is 11.8. The highest BCUT2D eigenvalue weighted by atomic mass is 35.5. The molecule has 1 atom stereocenters. The molecule has 3 rings (SSSR count). The fourth-order valence-corrected chi connectivity index (χ4v) is 3.61. The molecule has 0 spiro atoms. The predicted octanol–water partition coefficient (Wildman–Crippen LogP) is 3.58. The summed E-state index contributed by atoms with van der Waals surface area (Å²) in [6, 6.07) is 11.5. The Balaban J connectivity index is 2.00. The van der Waals surface area contributed by atoms with Crippen LogP contribution in [0.15, 0.2) is 36.4 Å². The molecule has 126 valence electrons. The summed E-state index contributed by atoms with van der Waals surface area (Å²) < 4.78 is 5.27. The van der Waals surface area contributed by atoms with Crippen LogP contribution >= 0.6 is 11.6 Å². The number of piperidine rings is 1. The summed E-state index contributed by atoms with van der Waals surface area (Å²) in [6.07, 6.45) is 2.39. The zero-order chi connectivity index (χ0) is 17.1. The Kier molecular flexibility index (Phi) is 5.07. The summed E-state index contributed by atoms with van der Waals surface area (Å²) in [5.41, 5.74) is 8.69. The monoisotopic (exact) mass is 344 g/mol. The van der Waals surface area contributed by atoms with Gasteiger partial charge in [-0.2, -0.15) is 0 Å². The van der Waals surface area contributed by atoms with Gasteiger partial charge in [0.1, 0.15) is 5.75 Å². The molecule has 5 heteroatoms. The number of methoxy groups -OCH3 is 1. The van der Waals surface area contributed by atoms with Crippen LogP contribution in [0.1, 0.15) is 34.7 Å². The van der Waals surface area contributed by atoms with Gasteiger partial charge in [-0.05, 0) is 48.6 Å². The van der Waals surface area contributed by atoms with E-state index in [1.807, 2.05) is 12.1 Å².